The molecular formula is C17H19ClN2O. The summed E-state index contributed by atoms with van der Waals surface area (Å²) >= 11 is 6.00. The molecule has 1 amide bonds. The lowest BCUT2D eigenvalue weighted by molar-refractivity contribution is -0.131. The van der Waals surface area contributed by atoms with Crippen LogP contribution in [0, 0.1) is 0 Å². The van der Waals surface area contributed by atoms with E-state index in [9.17, 15) is 4.79 Å². The summed E-state index contributed by atoms with van der Waals surface area (Å²) in [4.78, 5) is 18.1. The van der Waals surface area contributed by atoms with Gasteiger partial charge in [0.05, 0.1) is 6.04 Å². The number of benzene rings is 1. The second kappa shape index (κ2) is 7.23. The zero-order valence-electron chi connectivity index (χ0n) is 12.3. The van der Waals surface area contributed by atoms with Gasteiger partial charge in [0.1, 0.15) is 0 Å². The molecule has 0 fully saturated rings. The fraction of sp³-hybridized carbons (Fsp3) is 0.294. The van der Waals surface area contributed by atoms with Crippen molar-refractivity contribution < 1.29 is 4.79 Å². The van der Waals surface area contributed by atoms with Crippen molar-refractivity contribution in [2.24, 2.45) is 0 Å². The van der Waals surface area contributed by atoms with Gasteiger partial charge in [-0.15, -0.1) is 0 Å². The van der Waals surface area contributed by atoms with Crippen molar-refractivity contribution in [3.8, 4) is 0 Å². The predicted molar refractivity (Wildman–Crippen MR) is 85.2 cm³/mol. The summed E-state index contributed by atoms with van der Waals surface area (Å²) in [5, 5.41) is 0.690. The number of halogens is 1. The minimum Gasteiger partial charge on any atom is -0.339 e. The largest absolute Gasteiger partial charge is 0.339 e. The molecular weight excluding hydrogens is 284 g/mol. The average molecular weight is 303 g/mol. The third-order valence-electron chi connectivity index (χ3n) is 3.66. The number of hydrogen-bond acceptors (Lipinski definition) is 2. The molecule has 21 heavy (non-hydrogen) atoms. The minimum atomic E-state index is 0.00472. The van der Waals surface area contributed by atoms with Gasteiger partial charge in [0.25, 0.3) is 0 Å². The van der Waals surface area contributed by atoms with Crippen molar-refractivity contribution in [2.45, 2.75) is 25.8 Å². The molecule has 2 aromatic rings. The van der Waals surface area contributed by atoms with Crippen LogP contribution in [0.15, 0.2) is 48.8 Å². The van der Waals surface area contributed by atoms with E-state index in [-0.39, 0.29) is 11.9 Å². The molecule has 0 aliphatic carbocycles. The Hall–Kier alpha value is -1.87. The third kappa shape index (κ3) is 4.30. The van der Waals surface area contributed by atoms with E-state index in [0.29, 0.717) is 17.9 Å². The summed E-state index contributed by atoms with van der Waals surface area (Å²) in [6.07, 6.45) is 4.72. The number of aryl methyl sites for hydroxylation is 1. The van der Waals surface area contributed by atoms with Crippen LogP contribution in [0.2, 0.25) is 5.02 Å². The molecule has 0 saturated carbocycles. The Morgan fingerprint density at radius 2 is 2.14 bits per heavy atom. The van der Waals surface area contributed by atoms with E-state index < -0.39 is 0 Å². The topological polar surface area (TPSA) is 33.2 Å². The Kier molecular flexibility index (Phi) is 5.34. The molecule has 0 radical (unpaired) electrons. The van der Waals surface area contributed by atoms with E-state index in [1.165, 1.54) is 0 Å². The first kappa shape index (κ1) is 15.5. The minimum absolute atomic E-state index is 0.00472. The van der Waals surface area contributed by atoms with Crippen LogP contribution in [-0.2, 0) is 11.2 Å². The van der Waals surface area contributed by atoms with E-state index >= 15 is 0 Å². The molecule has 0 bridgehead atoms. The lowest BCUT2D eigenvalue weighted by atomic mass is 10.1. The lowest BCUT2D eigenvalue weighted by Gasteiger charge is -2.25. The number of pyridine rings is 1. The molecule has 0 N–H and O–H groups in total. The molecule has 0 saturated heterocycles. The maximum atomic E-state index is 12.3. The highest BCUT2D eigenvalue weighted by Gasteiger charge is 2.17. The Balaban J connectivity index is 1.95. The maximum Gasteiger partial charge on any atom is 0.223 e. The Morgan fingerprint density at radius 3 is 2.81 bits per heavy atom. The maximum absolute atomic E-state index is 12.3. The lowest BCUT2D eigenvalue weighted by Crippen LogP contribution is -2.29. The van der Waals surface area contributed by atoms with Gasteiger partial charge in [-0.3, -0.25) is 9.78 Å². The number of rotatable bonds is 5. The van der Waals surface area contributed by atoms with Gasteiger partial charge in [-0.2, -0.15) is 0 Å². The first-order chi connectivity index (χ1) is 10.1. The first-order valence-corrected chi connectivity index (χ1v) is 7.36. The van der Waals surface area contributed by atoms with Gasteiger partial charge >= 0.3 is 0 Å². The number of carbonyl (C=O) groups excluding carboxylic acids is 1. The van der Waals surface area contributed by atoms with E-state index in [0.717, 1.165) is 11.1 Å². The van der Waals surface area contributed by atoms with Crippen molar-refractivity contribution in [1.82, 2.24) is 9.88 Å². The molecule has 3 nitrogen and oxygen atoms in total. The van der Waals surface area contributed by atoms with Gasteiger partial charge in [-0.25, -0.2) is 0 Å². The van der Waals surface area contributed by atoms with Crippen LogP contribution in [0.1, 0.15) is 30.5 Å². The Labute approximate surface area is 130 Å². The summed E-state index contributed by atoms with van der Waals surface area (Å²) in [5.74, 6) is 0.117. The molecule has 0 aliphatic rings. The highest BCUT2D eigenvalue weighted by Crippen LogP contribution is 2.22. The van der Waals surface area contributed by atoms with Gasteiger partial charge in [-0.1, -0.05) is 29.8 Å². The second-order valence-corrected chi connectivity index (χ2v) is 5.53. The van der Waals surface area contributed by atoms with Crippen LogP contribution < -0.4 is 0 Å². The van der Waals surface area contributed by atoms with Crippen molar-refractivity contribution >= 4 is 17.5 Å². The van der Waals surface area contributed by atoms with Gasteiger partial charge in [0, 0.05) is 30.9 Å². The standard InChI is InChI=1S/C17H19ClN2O/c1-13(15-6-3-7-16(18)11-15)20(2)17(21)9-8-14-5-4-10-19-12-14/h3-7,10-13H,8-9H2,1-2H3. The number of hydrogen-bond donors (Lipinski definition) is 0. The molecule has 1 atom stereocenters. The van der Waals surface area contributed by atoms with Crippen molar-refractivity contribution in [1.29, 1.82) is 0 Å². The number of aromatic nitrogens is 1. The zero-order chi connectivity index (χ0) is 15.2. The van der Waals surface area contributed by atoms with E-state index in [4.69, 9.17) is 11.6 Å². The molecule has 0 spiro atoms. The molecule has 110 valence electrons. The molecule has 4 heteroatoms. The molecule has 1 heterocycles. The van der Waals surface area contributed by atoms with Crippen molar-refractivity contribution in [3.05, 3.63) is 64.9 Å². The number of nitrogens with zero attached hydrogens (tertiary/aromatic N) is 2. The Morgan fingerprint density at radius 1 is 1.33 bits per heavy atom. The normalized spacial score (nSPS) is 12.0. The summed E-state index contributed by atoms with van der Waals surface area (Å²) in [6.45, 7) is 2.01. The average Bonchev–Trinajstić information content (AvgIpc) is 2.52. The van der Waals surface area contributed by atoms with Crippen LogP contribution in [0.4, 0.5) is 0 Å². The van der Waals surface area contributed by atoms with Gasteiger partial charge < -0.3 is 4.90 Å². The summed E-state index contributed by atoms with van der Waals surface area (Å²) in [6, 6.07) is 11.5. The molecule has 1 unspecified atom stereocenters. The van der Waals surface area contributed by atoms with E-state index in [1.807, 2.05) is 50.4 Å². The highest BCUT2D eigenvalue weighted by molar-refractivity contribution is 6.30. The molecule has 1 aromatic heterocycles. The van der Waals surface area contributed by atoms with Crippen LogP contribution in [0.5, 0.6) is 0 Å². The molecule has 1 aromatic carbocycles. The smallest absolute Gasteiger partial charge is 0.223 e. The van der Waals surface area contributed by atoms with Gasteiger partial charge in [0.2, 0.25) is 5.91 Å². The molecule has 2 rings (SSSR count). The van der Waals surface area contributed by atoms with Crippen LogP contribution >= 0.6 is 11.6 Å². The number of amides is 1. The summed E-state index contributed by atoms with van der Waals surface area (Å²) in [5.41, 5.74) is 2.12. The fourth-order valence-electron chi connectivity index (χ4n) is 2.18. The zero-order valence-corrected chi connectivity index (χ0v) is 13.0. The second-order valence-electron chi connectivity index (χ2n) is 5.10. The number of carbonyl (C=O) groups is 1. The van der Waals surface area contributed by atoms with E-state index in [2.05, 4.69) is 4.98 Å². The SMILES string of the molecule is CC(c1cccc(Cl)c1)N(C)C(=O)CCc1cccnc1. The van der Waals surface area contributed by atoms with Gasteiger partial charge in [-0.05, 0) is 42.7 Å². The summed E-state index contributed by atoms with van der Waals surface area (Å²) in [7, 11) is 1.83. The van der Waals surface area contributed by atoms with Gasteiger partial charge in [0.15, 0.2) is 0 Å². The van der Waals surface area contributed by atoms with Crippen molar-refractivity contribution in [2.75, 3.05) is 7.05 Å². The Bertz CT molecular complexity index is 601. The fourth-order valence-corrected chi connectivity index (χ4v) is 2.38. The summed E-state index contributed by atoms with van der Waals surface area (Å²) < 4.78 is 0. The predicted octanol–water partition coefficient (Wildman–Crippen LogP) is 3.89. The van der Waals surface area contributed by atoms with E-state index in [1.54, 1.807) is 17.3 Å². The highest BCUT2D eigenvalue weighted by atomic mass is 35.5. The first-order valence-electron chi connectivity index (χ1n) is 6.98. The van der Waals surface area contributed by atoms with Crippen LogP contribution in [-0.4, -0.2) is 22.8 Å². The van der Waals surface area contributed by atoms with Crippen LogP contribution in [0.3, 0.4) is 0 Å². The van der Waals surface area contributed by atoms with Crippen LogP contribution in [0.25, 0.3) is 0 Å². The monoisotopic (exact) mass is 302 g/mol. The molecule has 0 aliphatic heterocycles. The van der Waals surface area contributed by atoms with Crippen molar-refractivity contribution in [3.63, 3.8) is 0 Å². The third-order valence-corrected chi connectivity index (χ3v) is 3.89. The quantitative estimate of drug-likeness (QED) is 0.839.